The normalized spacial score (nSPS) is 19.8. The molecule has 0 saturated carbocycles. The van der Waals surface area contributed by atoms with Gasteiger partial charge in [-0.05, 0) is 49.5 Å². The zero-order valence-electron chi connectivity index (χ0n) is 37.0. The molecule has 3 atom stereocenters. The van der Waals surface area contributed by atoms with E-state index in [0.717, 1.165) is 39.1 Å². The average Bonchev–Trinajstić information content (AvgIpc) is 3.18. The Hall–Kier alpha value is 0.640. The van der Waals surface area contributed by atoms with Gasteiger partial charge in [0.05, 0.1) is 0 Å². The van der Waals surface area contributed by atoms with E-state index < -0.39 is 24.6 Å². The van der Waals surface area contributed by atoms with Crippen LogP contribution in [0.3, 0.4) is 0 Å². The highest BCUT2D eigenvalue weighted by molar-refractivity contribution is 7.88. The molecular weight excluding hydrogens is 723 g/mol. The van der Waals surface area contributed by atoms with Crippen LogP contribution in [0.15, 0.2) is 4.76 Å². The maximum Gasteiger partial charge on any atom is 0.375 e. The number of hydrazine groups is 2. The highest BCUT2D eigenvalue weighted by atomic mass is 31.3. The van der Waals surface area contributed by atoms with Crippen LogP contribution in [-0.2, 0) is 0 Å². The SMILES string of the molecule is CCCCCCC=N[P+]1(NCCCCCCC)NP(NCCCCCCC)N(NCCCCCCC)P(NCCCCCCC)N1NCCCCCCC. The van der Waals surface area contributed by atoms with Crippen LogP contribution in [0.25, 0.3) is 0 Å². The lowest BCUT2D eigenvalue weighted by Crippen LogP contribution is -2.56. The van der Waals surface area contributed by atoms with Crippen LogP contribution in [0.4, 0.5) is 0 Å². The number of hydrogen-bond donors (Lipinski definition) is 6. The average molecular weight is 819 g/mol. The summed E-state index contributed by atoms with van der Waals surface area (Å²) in [6.45, 7) is 19.0. The summed E-state index contributed by atoms with van der Waals surface area (Å²) >= 11 is 0. The lowest BCUT2D eigenvalue weighted by molar-refractivity contribution is 0.397. The quantitative estimate of drug-likeness (QED) is 0.0207. The van der Waals surface area contributed by atoms with Crippen LogP contribution in [0.5, 0.6) is 0 Å². The molecule has 1 aliphatic rings. The monoisotopic (exact) mass is 819 g/mol. The Morgan fingerprint density at radius 3 is 1.37 bits per heavy atom. The van der Waals surface area contributed by atoms with Crippen LogP contribution >= 0.6 is 24.6 Å². The molecule has 54 heavy (non-hydrogen) atoms. The summed E-state index contributed by atoms with van der Waals surface area (Å²) in [5.74, 6) is 0. The van der Waals surface area contributed by atoms with Gasteiger partial charge in [0.1, 0.15) is 0 Å². The van der Waals surface area contributed by atoms with Crippen LogP contribution in [0.2, 0.25) is 0 Å². The van der Waals surface area contributed by atoms with Gasteiger partial charge in [-0.15, -0.1) is 9.64 Å². The van der Waals surface area contributed by atoms with Gasteiger partial charge in [-0.2, -0.15) is 0 Å². The number of hydrogen-bond acceptors (Lipinski definition) is 9. The maximum absolute atomic E-state index is 5.68. The van der Waals surface area contributed by atoms with Crippen LogP contribution < -0.4 is 31.0 Å². The summed E-state index contributed by atoms with van der Waals surface area (Å²) in [6.07, 6.45) is 40.8. The van der Waals surface area contributed by atoms with Crippen molar-refractivity contribution in [2.45, 2.75) is 234 Å². The summed E-state index contributed by atoms with van der Waals surface area (Å²) < 4.78 is 10.9. The molecule has 1 fully saturated rings. The summed E-state index contributed by atoms with van der Waals surface area (Å²) in [6, 6.07) is 0. The second kappa shape index (κ2) is 39.1. The van der Waals surface area contributed by atoms with E-state index in [1.165, 1.54) is 186 Å². The molecule has 12 heteroatoms. The molecule has 322 valence electrons. The van der Waals surface area contributed by atoms with E-state index in [1.54, 1.807) is 0 Å². The lowest BCUT2D eigenvalue weighted by atomic mass is 10.2. The third kappa shape index (κ3) is 25.9. The van der Waals surface area contributed by atoms with Gasteiger partial charge in [0.2, 0.25) is 0 Å². The number of nitrogens with zero attached hydrogens (tertiary/aromatic N) is 3. The van der Waals surface area contributed by atoms with Crippen molar-refractivity contribution >= 4 is 30.8 Å². The third-order valence-electron chi connectivity index (χ3n) is 10.2. The highest BCUT2D eigenvalue weighted by Gasteiger charge is 2.60. The van der Waals surface area contributed by atoms with Crippen LogP contribution in [0, 0.1) is 0 Å². The molecule has 1 aliphatic heterocycles. The van der Waals surface area contributed by atoms with E-state index in [0.29, 0.717) is 0 Å². The fourth-order valence-corrected chi connectivity index (χ4v) is 16.6. The number of nitrogens with one attached hydrogen (secondary N) is 6. The Balaban J connectivity index is 3.54. The Morgan fingerprint density at radius 2 is 0.870 bits per heavy atom. The summed E-state index contributed by atoms with van der Waals surface area (Å²) in [7, 11) is -4.17. The van der Waals surface area contributed by atoms with Gasteiger partial charge in [0, 0.05) is 38.9 Å². The standard InChI is InChI=1S/C42H95N9P3/c1-7-13-19-25-31-37-43-50-52(45-39-33-27-21-15-9-3)49-54(47-41-35-29-23-17-11-5,48-42-36-30-24-18-12-6)51(44-38-32-26-20-14-8-2)53(50)46-40-34-28-22-16-10-4/h41,43-46,48-49H,7-40,42H2,1-6H3/q+1. The minimum absolute atomic E-state index is 0.878. The summed E-state index contributed by atoms with van der Waals surface area (Å²) in [4.78, 5) is 4.30. The Labute approximate surface area is 341 Å². The fraction of sp³-hybridized carbons (Fsp3) is 0.976. The molecule has 0 bridgehead atoms. The second-order valence-corrected chi connectivity index (χ2v) is 22.3. The van der Waals surface area contributed by atoms with E-state index >= 15 is 0 Å². The Morgan fingerprint density at radius 1 is 0.463 bits per heavy atom. The molecule has 1 heterocycles. The van der Waals surface area contributed by atoms with E-state index in [2.05, 4.69) is 87.8 Å². The van der Waals surface area contributed by atoms with Crippen molar-refractivity contribution in [3.05, 3.63) is 0 Å². The van der Waals surface area contributed by atoms with E-state index in [1.807, 2.05) is 0 Å². The van der Waals surface area contributed by atoms with E-state index in [-0.39, 0.29) is 0 Å². The topological polar surface area (TPSA) is 91.0 Å². The van der Waals surface area contributed by atoms with Gasteiger partial charge >= 0.3 is 7.87 Å². The zero-order chi connectivity index (χ0) is 39.2. The first-order valence-corrected chi connectivity index (χ1v) is 28.0. The Bertz CT molecular complexity index is 815. The molecular formula is C42H95N9P3+. The minimum Gasteiger partial charge on any atom is -0.267 e. The van der Waals surface area contributed by atoms with Crippen molar-refractivity contribution in [1.29, 1.82) is 0 Å². The van der Waals surface area contributed by atoms with Crippen molar-refractivity contribution in [1.82, 2.24) is 40.1 Å². The highest BCUT2D eigenvalue weighted by Crippen LogP contribution is 2.74. The van der Waals surface area contributed by atoms with Crippen LogP contribution in [-0.4, -0.2) is 48.0 Å². The zero-order valence-corrected chi connectivity index (χ0v) is 39.7. The molecule has 6 N–H and O–H groups in total. The molecule has 9 nitrogen and oxygen atoms in total. The van der Waals surface area contributed by atoms with Gasteiger partial charge < -0.3 is 0 Å². The first kappa shape index (κ1) is 52.7. The van der Waals surface area contributed by atoms with E-state index in [9.17, 15) is 0 Å². The molecule has 0 aromatic heterocycles. The number of rotatable bonds is 41. The molecule has 0 aromatic rings. The van der Waals surface area contributed by atoms with Crippen molar-refractivity contribution in [3.8, 4) is 0 Å². The largest absolute Gasteiger partial charge is 0.375 e. The van der Waals surface area contributed by atoms with Gasteiger partial charge in [0.25, 0.3) is 0 Å². The first-order chi connectivity index (χ1) is 26.6. The molecule has 0 aliphatic carbocycles. The van der Waals surface area contributed by atoms with Gasteiger partial charge in [-0.25, -0.2) is 10.9 Å². The smallest absolute Gasteiger partial charge is 0.267 e. The van der Waals surface area contributed by atoms with Gasteiger partial charge in [-0.3, -0.25) is 10.2 Å². The van der Waals surface area contributed by atoms with Gasteiger partial charge in [0.15, 0.2) is 16.7 Å². The molecule has 1 rings (SSSR count). The second-order valence-electron chi connectivity index (χ2n) is 15.6. The molecule has 0 radical (unpaired) electrons. The van der Waals surface area contributed by atoms with Crippen molar-refractivity contribution < 1.29 is 0 Å². The maximum atomic E-state index is 5.68. The predicted octanol–water partition coefficient (Wildman–Crippen LogP) is 14.0. The van der Waals surface area contributed by atoms with Crippen molar-refractivity contribution in [2.75, 3.05) is 32.7 Å². The predicted molar refractivity (Wildman–Crippen MR) is 249 cm³/mol. The number of unbranched alkanes of at least 4 members (excludes halogenated alkanes) is 24. The van der Waals surface area contributed by atoms with Crippen molar-refractivity contribution in [2.24, 2.45) is 4.76 Å². The molecule has 3 unspecified atom stereocenters. The summed E-state index contributed by atoms with van der Waals surface area (Å²) in [5, 5.41) is 12.5. The first-order valence-electron chi connectivity index (χ1n) is 23.7. The minimum atomic E-state index is -2.37. The Kier molecular flexibility index (Phi) is 38.1. The van der Waals surface area contributed by atoms with Crippen LogP contribution in [0.1, 0.15) is 234 Å². The third-order valence-corrected chi connectivity index (χ3v) is 18.9. The molecule has 0 aromatic carbocycles. The van der Waals surface area contributed by atoms with Crippen molar-refractivity contribution in [3.63, 3.8) is 0 Å². The van der Waals surface area contributed by atoms with Gasteiger partial charge in [-0.1, -0.05) is 199 Å². The molecule has 1 saturated heterocycles. The van der Waals surface area contributed by atoms with E-state index in [4.69, 9.17) is 4.76 Å². The summed E-state index contributed by atoms with van der Waals surface area (Å²) in [5.41, 5.74) is 8.14. The fourth-order valence-electron chi connectivity index (χ4n) is 6.70. The molecule has 0 spiro atoms. The lowest BCUT2D eigenvalue weighted by Gasteiger charge is -2.48. The molecule has 0 amide bonds.